The van der Waals surface area contributed by atoms with Gasteiger partial charge in [-0.1, -0.05) is 6.92 Å². The van der Waals surface area contributed by atoms with Crippen molar-refractivity contribution in [1.29, 1.82) is 0 Å². The molecule has 19 heavy (non-hydrogen) atoms. The molecule has 106 valence electrons. The Morgan fingerprint density at radius 1 is 1.16 bits per heavy atom. The van der Waals surface area contributed by atoms with Gasteiger partial charge >= 0.3 is 5.97 Å². The molecule has 1 aromatic carbocycles. The molecule has 2 nitrogen and oxygen atoms in total. The summed E-state index contributed by atoms with van der Waals surface area (Å²) in [7, 11) is 0. The molecule has 0 aliphatic rings. The molecule has 0 aromatic heterocycles. The molecule has 0 heterocycles. The summed E-state index contributed by atoms with van der Waals surface area (Å²) >= 11 is 0. The van der Waals surface area contributed by atoms with Gasteiger partial charge in [0, 0.05) is 5.56 Å². The first kappa shape index (κ1) is 15.5. The van der Waals surface area contributed by atoms with E-state index in [2.05, 4.69) is 0 Å². The third-order valence-corrected chi connectivity index (χ3v) is 2.97. The number of esters is 1. The zero-order chi connectivity index (χ0) is 14.8. The van der Waals surface area contributed by atoms with Crippen molar-refractivity contribution in [3.8, 4) is 0 Å². The molecule has 0 fully saturated rings. The number of ether oxygens (including phenoxy) is 1. The predicted molar refractivity (Wildman–Crippen MR) is 60.1 cm³/mol. The number of hydrogen-bond acceptors (Lipinski definition) is 2. The summed E-state index contributed by atoms with van der Waals surface area (Å²) in [5.74, 6) is -7.51. The Balaban J connectivity index is 2.88. The molecular weight excluding hydrogens is 264 g/mol. The molecule has 0 aliphatic heterocycles. The number of carbonyl (C=O) groups is 1. The van der Waals surface area contributed by atoms with Crippen LogP contribution in [0, 0.1) is 28.7 Å². The van der Waals surface area contributed by atoms with Crippen LogP contribution in [0.5, 0.6) is 0 Å². The highest BCUT2D eigenvalue weighted by molar-refractivity contribution is 5.75. The van der Waals surface area contributed by atoms with Gasteiger partial charge in [-0.3, -0.25) is 4.79 Å². The number of hydrogen-bond donors (Lipinski definition) is 0. The van der Waals surface area contributed by atoms with Crippen LogP contribution < -0.4 is 0 Å². The van der Waals surface area contributed by atoms with Crippen molar-refractivity contribution in [2.24, 2.45) is 5.41 Å². The summed E-state index contributed by atoms with van der Waals surface area (Å²) in [5.41, 5.74) is -1.33. The van der Waals surface area contributed by atoms with E-state index in [0.29, 0.717) is 12.5 Å². The third kappa shape index (κ3) is 3.24. The zero-order valence-corrected chi connectivity index (χ0v) is 10.8. The number of halogens is 4. The monoisotopic (exact) mass is 278 g/mol. The average Bonchev–Trinajstić information content (AvgIpc) is 2.38. The molecule has 0 amide bonds. The first-order valence-corrected chi connectivity index (χ1v) is 5.69. The van der Waals surface area contributed by atoms with Crippen LogP contribution in [0.25, 0.3) is 0 Å². The van der Waals surface area contributed by atoms with Crippen molar-refractivity contribution >= 4 is 5.97 Å². The van der Waals surface area contributed by atoms with Crippen LogP contribution >= 0.6 is 0 Å². The lowest BCUT2D eigenvalue weighted by Gasteiger charge is -2.20. The van der Waals surface area contributed by atoms with E-state index in [-0.39, 0.29) is 0 Å². The highest BCUT2D eigenvalue weighted by atomic mass is 19.2. The maximum absolute atomic E-state index is 13.3. The molecule has 0 atom stereocenters. The van der Waals surface area contributed by atoms with Crippen LogP contribution in [-0.2, 0) is 16.1 Å². The van der Waals surface area contributed by atoms with Crippen LogP contribution in [0.2, 0.25) is 0 Å². The van der Waals surface area contributed by atoms with Crippen molar-refractivity contribution in [3.05, 3.63) is 34.9 Å². The van der Waals surface area contributed by atoms with Crippen LogP contribution in [0.1, 0.15) is 32.8 Å². The summed E-state index contributed by atoms with van der Waals surface area (Å²) in [4.78, 5) is 11.6. The molecule has 0 spiro atoms. The van der Waals surface area contributed by atoms with Crippen LogP contribution in [0.4, 0.5) is 17.6 Å². The molecule has 0 aliphatic carbocycles. The summed E-state index contributed by atoms with van der Waals surface area (Å²) in [6.45, 7) is 4.36. The molecule has 6 heteroatoms. The van der Waals surface area contributed by atoms with E-state index in [1.807, 2.05) is 0 Å². The molecule has 1 aromatic rings. The summed E-state index contributed by atoms with van der Waals surface area (Å²) < 4.78 is 56.7. The maximum Gasteiger partial charge on any atom is 0.311 e. The Kier molecular flexibility index (Phi) is 4.55. The van der Waals surface area contributed by atoms with Gasteiger partial charge in [0.15, 0.2) is 23.3 Å². The minimum atomic E-state index is -1.92. The number of benzene rings is 1. The molecule has 0 bridgehead atoms. The fourth-order valence-electron chi connectivity index (χ4n) is 1.21. The van der Waals surface area contributed by atoms with Gasteiger partial charge in [0.2, 0.25) is 0 Å². The Hall–Kier alpha value is -1.59. The SMILES string of the molecule is CCC(C)(C)C(=O)OCc1cc(F)c(F)c(F)c1F. The zero-order valence-electron chi connectivity index (χ0n) is 10.8. The van der Waals surface area contributed by atoms with Gasteiger partial charge in [0.05, 0.1) is 5.41 Å². The van der Waals surface area contributed by atoms with Gasteiger partial charge in [-0.25, -0.2) is 17.6 Å². The van der Waals surface area contributed by atoms with Gasteiger partial charge in [0.1, 0.15) is 6.61 Å². The van der Waals surface area contributed by atoms with Gasteiger partial charge < -0.3 is 4.74 Å². The van der Waals surface area contributed by atoms with E-state index in [1.165, 1.54) is 0 Å². The van der Waals surface area contributed by atoms with E-state index >= 15 is 0 Å². The molecule has 0 saturated carbocycles. The van der Waals surface area contributed by atoms with E-state index in [1.54, 1.807) is 20.8 Å². The fourth-order valence-corrected chi connectivity index (χ4v) is 1.21. The normalized spacial score (nSPS) is 11.5. The Labute approximate surface area is 108 Å². The van der Waals surface area contributed by atoms with E-state index in [9.17, 15) is 22.4 Å². The van der Waals surface area contributed by atoms with Gasteiger partial charge in [-0.05, 0) is 26.3 Å². The quantitative estimate of drug-likeness (QED) is 0.363. The van der Waals surface area contributed by atoms with Gasteiger partial charge in [-0.2, -0.15) is 0 Å². The Bertz CT molecular complexity index is 498. The molecular formula is C13H14F4O2. The standard InChI is InChI=1S/C13H14F4O2/c1-4-13(2,3)12(18)19-6-7-5-8(14)10(16)11(17)9(7)15/h5H,4,6H2,1-3H3. The predicted octanol–water partition coefficient (Wildman–Crippen LogP) is 3.72. The molecule has 1 rings (SSSR count). The maximum atomic E-state index is 13.3. The summed E-state index contributed by atoms with van der Waals surface area (Å²) in [5, 5.41) is 0. The van der Waals surface area contributed by atoms with E-state index in [0.717, 1.165) is 0 Å². The Morgan fingerprint density at radius 2 is 1.74 bits per heavy atom. The Morgan fingerprint density at radius 3 is 2.26 bits per heavy atom. The first-order chi connectivity index (χ1) is 8.70. The highest BCUT2D eigenvalue weighted by Gasteiger charge is 2.28. The van der Waals surface area contributed by atoms with E-state index < -0.39 is 46.8 Å². The molecule has 0 saturated heterocycles. The molecule has 0 unspecified atom stereocenters. The fraction of sp³-hybridized carbons (Fsp3) is 0.462. The van der Waals surface area contributed by atoms with Crippen molar-refractivity contribution in [2.75, 3.05) is 0 Å². The summed E-state index contributed by atoms with van der Waals surface area (Å²) in [6, 6.07) is 0.472. The second-order valence-corrected chi connectivity index (χ2v) is 4.77. The lowest BCUT2D eigenvalue weighted by atomic mass is 9.91. The lowest BCUT2D eigenvalue weighted by molar-refractivity contribution is -0.155. The van der Waals surface area contributed by atoms with Crippen LogP contribution in [0.3, 0.4) is 0 Å². The third-order valence-electron chi connectivity index (χ3n) is 2.97. The summed E-state index contributed by atoms with van der Waals surface area (Å²) in [6.07, 6.45) is 0.487. The van der Waals surface area contributed by atoms with Crippen molar-refractivity contribution < 1.29 is 27.1 Å². The van der Waals surface area contributed by atoms with Gasteiger partial charge in [0.25, 0.3) is 0 Å². The number of carbonyl (C=O) groups excluding carboxylic acids is 1. The molecule has 0 N–H and O–H groups in total. The second-order valence-electron chi connectivity index (χ2n) is 4.77. The van der Waals surface area contributed by atoms with E-state index in [4.69, 9.17) is 4.74 Å². The minimum absolute atomic E-state index is 0.472. The van der Waals surface area contributed by atoms with Crippen LogP contribution in [0.15, 0.2) is 6.07 Å². The minimum Gasteiger partial charge on any atom is -0.460 e. The van der Waals surface area contributed by atoms with Crippen molar-refractivity contribution in [1.82, 2.24) is 0 Å². The lowest BCUT2D eigenvalue weighted by Crippen LogP contribution is -2.25. The average molecular weight is 278 g/mol. The highest BCUT2D eigenvalue weighted by Crippen LogP contribution is 2.24. The number of rotatable bonds is 4. The van der Waals surface area contributed by atoms with Crippen molar-refractivity contribution in [2.45, 2.75) is 33.8 Å². The first-order valence-electron chi connectivity index (χ1n) is 5.69. The largest absolute Gasteiger partial charge is 0.460 e. The second kappa shape index (κ2) is 5.59. The topological polar surface area (TPSA) is 26.3 Å². The van der Waals surface area contributed by atoms with Crippen LogP contribution in [-0.4, -0.2) is 5.97 Å². The van der Waals surface area contributed by atoms with Gasteiger partial charge in [-0.15, -0.1) is 0 Å². The van der Waals surface area contributed by atoms with Crippen molar-refractivity contribution in [3.63, 3.8) is 0 Å². The molecule has 0 radical (unpaired) electrons. The smallest absolute Gasteiger partial charge is 0.311 e.